The first kappa shape index (κ1) is 31.4. The molecule has 1 aromatic heterocycles. The van der Waals surface area contributed by atoms with Crippen LogP contribution in [0.4, 0.5) is 5.69 Å². The fraction of sp³-hybridized carbons (Fsp3) is 0.516. The van der Waals surface area contributed by atoms with Crippen LogP contribution in [-0.2, 0) is 0 Å². The molecule has 2 N–H and O–H groups in total. The minimum absolute atomic E-state index is 0.326. The number of rotatable bonds is 11. The summed E-state index contributed by atoms with van der Waals surface area (Å²) in [7, 11) is 1.78. The van der Waals surface area contributed by atoms with E-state index in [-0.39, 0.29) is 6.10 Å². The molecule has 2 heterocycles. The number of nitrogens with one attached hydrogen (secondary N) is 1. The highest BCUT2D eigenvalue weighted by Gasteiger charge is 2.23. The van der Waals surface area contributed by atoms with Crippen LogP contribution in [0.5, 0.6) is 0 Å². The second kappa shape index (κ2) is 18.6. The Morgan fingerprint density at radius 3 is 2.56 bits per heavy atom. The lowest BCUT2D eigenvalue weighted by molar-refractivity contribution is 0.122. The normalized spacial score (nSPS) is 16.5. The van der Waals surface area contributed by atoms with Gasteiger partial charge in [-0.25, -0.2) is 0 Å². The predicted molar refractivity (Wildman–Crippen MR) is 159 cm³/mol. The summed E-state index contributed by atoms with van der Waals surface area (Å²) in [6, 6.07) is 1.99. The summed E-state index contributed by atoms with van der Waals surface area (Å²) in [5.74, 6) is 0.392. The molecule has 0 aromatic carbocycles. The van der Waals surface area contributed by atoms with Crippen LogP contribution in [0.25, 0.3) is 5.57 Å². The van der Waals surface area contributed by atoms with Crippen molar-refractivity contribution < 1.29 is 5.11 Å². The van der Waals surface area contributed by atoms with Crippen molar-refractivity contribution in [2.45, 2.75) is 79.2 Å². The third-order valence-electron chi connectivity index (χ3n) is 6.21. The monoisotopic (exact) mass is 492 g/mol. The largest absolute Gasteiger partial charge is 0.388 e. The third-order valence-corrected chi connectivity index (χ3v) is 6.21. The molecule has 198 valence electrons. The molecule has 1 unspecified atom stereocenters. The zero-order valence-corrected chi connectivity index (χ0v) is 23.4. The van der Waals surface area contributed by atoms with Crippen molar-refractivity contribution in [2.24, 2.45) is 15.9 Å². The van der Waals surface area contributed by atoms with Gasteiger partial charge in [-0.1, -0.05) is 63.6 Å². The van der Waals surface area contributed by atoms with Crippen LogP contribution >= 0.6 is 0 Å². The molecule has 0 amide bonds. The highest BCUT2D eigenvalue weighted by molar-refractivity contribution is 6.11. The van der Waals surface area contributed by atoms with Gasteiger partial charge >= 0.3 is 0 Å². The zero-order valence-electron chi connectivity index (χ0n) is 23.4. The highest BCUT2D eigenvalue weighted by atomic mass is 16.3. The van der Waals surface area contributed by atoms with Crippen molar-refractivity contribution in [2.75, 3.05) is 20.1 Å². The topological polar surface area (TPSA) is 69.9 Å². The quantitative estimate of drug-likeness (QED) is 0.253. The van der Waals surface area contributed by atoms with Gasteiger partial charge in [-0.15, -0.1) is 0 Å². The second-order valence-electron chi connectivity index (χ2n) is 9.01. The molecular formula is C31H48N4O. The van der Waals surface area contributed by atoms with E-state index in [0.29, 0.717) is 5.92 Å². The Kier molecular flexibility index (Phi) is 16.2. The predicted octanol–water partition coefficient (Wildman–Crippen LogP) is 7.20. The maximum Gasteiger partial charge on any atom is 0.0916 e. The van der Waals surface area contributed by atoms with Gasteiger partial charge in [0.2, 0.25) is 0 Å². The smallest absolute Gasteiger partial charge is 0.0916 e. The highest BCUT2D eigenvalue weighted by Crippen LogP contribution is 2.28. The van der Waals surface area contributed by atoms with Gasteiger partial charge in [-0.3, -0.25) is 15.0 Å². The van der Waals surface area contributed by atoms with Crippen molar-refractivity contribution >= 4 is 23.7 Å². The number of aryl methyl sites for hydroxylation is 1. The Hall–Kier alpha value is -2.63. The van der Waals surface area contributed by atoms with E-state index in [1.165, 1.54) is 0 Å². The molecule has 1 aliphatic heterocycles. The molecular weight excluding hydrogens is 444 g/mol. The van der Waals surface area contributed by atoms with Gasteiger partial charge in [0.1, 0.15) is 0 Å². The van der Waals surface area contributed by atoms with Gasteiger partial charge in [0, 0.05) is 31.2 Å². The third kappa shape index (κ3) is 11.0. The molecule has 0 bridgehead atoms. The van der Waals surface area contributed by atoms with E-state index in [4.69, 9.17) is 0 Å². The van der Waals surface area contributed by atoms with E-state index in [9.17, 15) is 5.11 Å². The molecule has 1 aromatic rings. The Balaban J connectivity index is 0.000000360. The molecule has 5 nitrogen and oxygen atoms in total. The van der Waals surface area contributed by atoms with Gasteiger partial charge in [0.15, 0.2) is 0 Å². The molecule has 1 aliphatic rings. The number of unbranched alkanes of at least 4 members (excludes halogenated alkanes) is 1. The maximum atomic E-state index is 10.5. The van der Waals surface area contributed by atoms with Crippen LogP contribution in [0.15, 0.2) is 64.3 Å². The molecule has 1 fully saturated rings. The number of aliphatic hydroxyl groups is 1. The first-order chi connectivity index (χ1) is 17.4. The van der Waals surface area contributed by atoms with E-state index in [2.05, 4.69) is 53.7 Å². The minimum atomic E-state index is -0.326. The summed E-state index contributed by atoms with van der Waals surface area (Å²) in [4.78, 5) is 13.0. The van der Waals surface area contributed by atoms with E-state index in [1.54, 1.807) is 7.05 Å². The maximum absolute atomic E-state index is 10.5. The van der Waals surface area contributed by atoms with Crippen molar-refractivity contribution in [1.29, 1.82) is 0 Å². The average Bonchev–Trinajstić information content (AvgIpc) is 2.91. The standard InChI is InChI=1S/C16H27NO.C15H21N3/c1-4-6-14(8-7-13(3)5-2)16(18)15-9-11-17-12-10-15;1-5-7-9-18-15-12(3)17-10-8-14(15)13(6-2)11-16-4/h6-8,15-18H,3-5,9-12H2,1-2H3;6,8-11H,5,7H2,1-4H3/b8-7-,14-6+;13-6+,16-11?,18-9?. The molecule has 0 spiro atoms. The van der Waals surface area contributed by atoms with Gasteiger partial charge < -0.3 is 10.4 Å². The molecule has 1 saturated heterocycles. The number of hydrogen-bond acceptors (Lipinski definition) is 5. The Bertz CT molecular complexity index is 934. The number of aliphatic hydroxyl groups excluding tert-OH is 1. The van der Waals surface area contributed by atoms with Crippen molar-refractivity contribution in [3.63, 3.8) is 0 Å². The lowest BCUT2D eigenvalue weighted by atomic mass is 9.87. The number of hydrogen-bond donors (Lipinski definition) is 2. The summed E-state index contributed by atoms with van der Waals surface area (Å²) < 4.78 is 0. The van der Waals surface area contributed by atoms with Crippen LogP contribution in [-0.4, -0.2) is 48.8 Å². The zero-order chi connectivity index (χ0) is 26.8. The van der Waals surface area contributed by atoms with Gasteiger partial charge in [-0.05, 0) is 82.2 Å². The number of aromatic nitrogens is 1. The van der Waals surface area contributed by atoms with E-state index >= 15 is 0 Å². The first-order valence-electron chi connectivity index (χ1n) is 13.4. The number of pyridine rings is 1. The van der Waals surface area contributed by atoms with Crippen molar-refractivity contribution in [1.82, 2.24) is 10.3 Å². The summed E-state index contributed by atoms with van der Waals surface area (Å²) >= 11 is 0. The van der Waals surface area contributed by atoms with Crippen LogP contribution in [0.1, 0.15) is 77.5 Å². The Morgan fingerprint density at radius 1 is 1.25 bits per heavy atom. The molecule has 0 aliphatic carbocycles. The van der Waals surface area contributed by atoms with E-state index < -0.39 is 0 Å². The fourth-order valence-corrected chi connectivity index (χ4v) is 3.97. The number of nitrogens with zero attached hydrogens (tertiary/aromatic N) is 3. The number of piperidine rings is 1. The van der Waals surface area contributed by atoms with Gasteiger partial charge in [-0.2, -0.15) is 0 Å². The molecule has 5 heteroatoms. The minimum Gasteiger partial charge on any atom is -0.388 e. The summed E-state index contributed by atoms with van der Waals surface area (Å²) in [5, 5.41) is 13.8. The summed E-state index contributed by atoms with van der Waals surface area (Å²) in [6.45, 7) is 16.4. The Labute approximate surface area is 220 Å². The van der Waals surface area contributed by atoms with Crippen LogP contribution in [0.3, 0.4) is 0 Å². The molecule has 2 rings (SSSR count). The van der Waals surface area contributed by atoms with Crippen molar-refractivity contribution in [3.05, 3.63) is 65.5 Å². The fourth-order valence-electron chi connectivity index (χ4n) is 3.97. The molecule has 0 saturated carbocycles. The second-order valence-corrected chi connectivity index (χ2v) is 9.01. The van der Waals surface area contributed by atoms with Crippen LogP contribution in [0.2, 0.25) is 0 Å². The van der Waals surface area contributed by atoms with Crippen molar-refractivity contribution in [3.8, 4) is 0 Å². The first-order valence-corrected chi connectivity index (χ1v) is 13.4. The molecule has 0 radical (unpaired) electrons. The lowest BCUT2D eigenvalue weighted by Crippen LogP contribution is -2.34. The SMILES string of the molecule is C/C=C(\C=NC)c1ccnc(C)c1N=CCCC.C=C(/C=C\C(=C/CC)C(O)C1CCNCC1)CC. The van der Waals surface area contributed by atoms with Crippen LogP contribution < -0.4 is 5.32 Å². The summed E-state index contributed by atoms with van der Waals surface area (Å²) in [6.07, 6.45) is 19.7. The molecule has 1 atom stereocenters. The summed E-state index contributed by atoms with van der Waals surface area (Å²) in [5.41, 5.74) is 6.21. The van der Waals surface area contributed by atoms with Crippen LogP contribution in [0, 0.1) is 12.8 Å². The average molecular weight is 493 g/mol. The molecule has 36 heavy (non-hydrogen) atoms. The van der Waals surface area contributed by atoms with E-state index in [1.807, 2.05) is 56.8 Å². The van der Waals surface area contributed by atoms with E-state index in [0.717, 1.165) is 85.3 Å². The van der Waals surface area contributed by atoms with Gasteiger partial charge in [0.25, 0.3) is 0 Å². The Morgan fingerprint density at radius 2 is 1.97 bits per heavy atom. The number of allylic oxidation sites excluding steroid dienone is 5. The number of aliphatic imine (C=N–C) groups is 2. The lowest BCUT2D eigenvalue weighted by Gasteiger charge is -2.28. The van der Waals surface area contributed by atoms with Gasteiger partial charge in [0.05, 0.1) is 17.5 Å².